The number of aromatic nitrogens is 1. The number of pyridine rings is 1. The van der Waals surface area contributed by atoms with Crippen LogP contribution in [0.5, 0.6) is 0 Å². The molecular formula is C24H28ClNO3S. The number of carbonyl (C=O) groups excluding carboxylic acids is 1. The van der Waals surface area contributed by atoms with E-state index in [1.807, 2.05) is 0 Å². The standard InChI is InChI=1S/C24H28ClNO3S/c1-4-17-11-15(3)12-18(5-2)22(17)23-20(27)13-16(14-21(23)28)8-10-30(29)24-19(25)7-6-9-26-24/h6-7,9,11-12,16,27H,4-5,8,10,13-14H2,1-3H3. The van der Waals surface area contributed by atoms with Gasteiger partial charge >= 0.3 is 0 Å². The molecule has 1 N–H and O–H groups in total. The lowest BCUT2D eigenvalue weighted by Crippen LogP contribution is -2.22. The summed E-state index contributed by atoms with van der Waals surface area (Å²) in [6.45, 7) is 6.20. The number of aliphatic hydroxyl groups excluding tert-OH is 1. The molecule has 1 aromatic heterocycles. The largest absolute Gasteiger partial charge is 0.512 e. The third-order valence-electron chi connectivity index (χ3n) is 5.63. The van der Waals surface area contributed by atoms with E-state index in [1.54, 1.807) is 18.3 Å². The van der Waals surface area contributed by atoms with Gasteiger partial charge in [-0.2, -0.15) is 0 Å². The van der Waals surface area contributed by atoms with Gasteiger partial charge in [-0.1, -0.05) is 43.1 Å². The Morgan fingerprint density at radius 2 is 1.87 bits per heavy atom. The minimum Gasteiger partial charge on any atom is -0.512 e. The Morgan fingerprint density at radius 3 is 2.43 bits per heavy atom. The zero-order valence-corrected chi connectivity index (χ0v) is 19.3. The topological polar surface area (TPSA) is 67.3 Å². The van der Waals surface area contributed by atoms with Crippen LogP contribution in [0.4, 0.5) is 0 Å². The molecule has 0 aliphatic heterocycles. The third kappa shape index (κ3) is 4.84. The van der Waals surface area contributed by atoms with E-state index in [-0.39, 0.29) is 17.5 Å². The maximum atomic E-state index is 13.1. The van der Waals surface area contributed by atoms with Gasteiger partial charge in [0.1, 0.15) is 10.8 Å². The van der Waals surface area contributed by atoms with Crippen molar-refractivity contribution < 1.29 is 14.1 Å². The minimum absolute atomic E-state index is 0.0290. The van der Waals surface area contributed by atoms with Crippen molar-refractivity contribution in [3.8, 4) is 0 Å². The van der Waals surface area contributed by atoms with Crippen molar-refractivity contribution in [2.24, 2.45) is 5.92 Å². The summed E-state index contributed by atoms with van der Waals surface area (Å²) < 4.78 is 12.6. The zero-order valence-electron chi connectivity index (χ0n) is 17.7. The van der Waals surface area contributed by atoms with Crippen molar-refractivity contribution in [1.29, 1.82) is 0 Å². The highest BCUT2D eigenvalue weighted by Crippen LogP contribution is 2.37. The van der Waals surface area contributed by atoms with Crippen molar-refractivity contribution in [2.75, 3.05) is 5.75 Å². The van der Waals surface area contributed by atoms with E-state index in [2.05, 4.69) is 37.9 Å². The predicted octanol–water partition coefficient (Wildman–Crippen LogP) is 5.61. The van der Waals surface area contributed by atoms with Gasteiger partial charge in [-0.3, -0.25) is 9.00 Å². The third-order valence-corrected chi connectivity index (χ3v) is 7.41. The van der Waals surface area contributed by atoms with Gasteiger partial charge in [0, 0.05) is 24.8 Å². The molecule has 0 saturated carbocycles. The van der Waals surface area contributed by atoms with E-state index in [0.29, 0.717) is 40.6 Å². The Bertz CT molecular complexity index is 990. The van der Waals surface area contributed by atoms with Crippen molar-refractivity contribution in [3.05, 3.63) is 63.5 Å². The lowest BCUT2D eigenvalue weighted by molar-refractivity contribution is -0.115. The summed E-state index contributed by atoms with van der Waals surface area (Å²) in [6, 6.07) is 7.58. The molecule has 0 fully saturated rings. The Labute approximate surface area is 185 Å². The average molecular weight is 446 g/mol. The van der Waals surface area contributed by atoms with E-state index in [1.165, 1.54) is 5.56 Å². The summed E-state index contributed by atoms with van der Waals surface area (Å²) in [7, 11) is -1.33. The number of Topliss-reactive ketones (excluding diaryl/α,β-unsaturated/α-hetero) is 1. The van der Waals surface area contributed by atoms with E-state index >= 15 is 0 Å². The SMILES string of the molecule is CCc1cc(C)cc(CC)c1C1=C(O)CC(CCS(=O)c2ncccc2Cl)CC1=O. The number of rotatable bonds is 7. The Kier molecular flexibility index (Phi) is 7.48. The summed E-state index contributed by atoms with van der Waals surface area (Å²) >= 11 is 6.08. The van der Waals surface area contributed by atoms with Crippen molar-refractivity contribution in [3.63, 3.8) is 0 Å². The summed E-state index contributed by atoms with van der Waals surface area (Å²) in [4.78, 5) is 17.2. The Balaban J connectivity index is 1.81. The molecule has 0 radical (unpaired) electrons. The molecule has 0 bridgehead atoms. The van der Waals surface area contributed by atoms with E-state index in [9.17, 15) is 14.1 Å². The van der Waals surface area contributed by atoms with Crippen LogP contribution in [-0.2, 0) is 28.4 Å². The molecule has 1 aliphatic carbocycles. The van der Waals surface area contributed by atoms with Crippen LogP contribution < -0.4 is 0 Å². The second kappa shape index (κ2) is 9.88. The maximum Gasteiger partial charge on any atom is 0.167 e. The molecule has 3 rings (SSSR count). The van der Waals surface area contributed by atoms with Gasteiger partial charge in [-0.25, -0.2) is 4.98 Å². The van der Waals surface area contributed by atoms with Crippen LogP contribution >= 0.6 is 11.6 Å². The number of benzene rings is 1. The molecule has 160 valence electrons. The number of halogens is 1. The van der Waals surface area contributed by atoms with Crippen LogP contribution in [0.3, 0.4) is 0 Å². The van der Waals surface area contributed by atoms with Gasteiger partial charge < -0.3 is 5.11 Å². The summed E-state index contributed by atoms with van der Waals surface area (Å²) in [6.07, 6.45) is 4.53. The number of ketones is 1. The fourth-order valence-corrected chi connectivity index (χ4v) is 5.77. The van der Waals surface area contributed by atoms with Crippen molar-refractivity contribution in [2.45, 2.75) is 57.9 Å². The molecule has 2 atom stereocenters. The van der Waals surface area contributed by atoms with Crippen LogP contribution in [0, 0.1) is 12.8 Å². The monoisotopic (exact) mass is 445 g/mol. The Hall–Kier alpha value is -1.98. The van der Waals surface area contributed by atoms with Crippen molar-refractivity contribution >= 4 is 33.8 Å². The number of hydrogen-bond donors (Lipinski definition) is 1. The molecular weight excluding hydrogens is 418 g/mol. The summed E-state index contributed by atoms with van der Waals surface area (Å²) in [5.41, 5.74) is 4.77. The van der Waals surface area contributed by atoms with E-state index < -0.39 is 10.8 Å². The maximum absolute atomic E-state index is 13.1. The van der Waals surface area contributed by atoms with Crippen molar-refractivity contribution in [1.82, 2.24) is 4.98 Å². The van der Waals surface area contributed by atoms with E-state index in [0.717, 1.165) is 29.5 Å². The number of aliphatic hydroxyl groups is 1. The highest BCUT2D eigenvalue weighted by atomic mass is 35.5. The van der Waals surface area contributed by atoms with Crippen LogP contribution in [-0.4, -0.2) is 25.8 Å². The van der Waals surface area contributed by atoms with Gasteiger partial charge in [0.15, 0.2) is 5.78 Å². The molecule has 1 aromatic carbocycles. The number of allylic oxidation sites excluding steroid dienone is 2. The van der Waals surface area contributed by atoms with Crippen LogP contribution in [0.25, 0.3) is 5.57 Å². The fraction of sp³-hybridized carbons (Fsp3) is 0.417. The van der Waals surface area contributed by atoms with Gasteiger partial charge in [-0.05, 0) is 60.9 Å². The molecule has 2 aromatic rings. The quantitative estimate of drug-likeness (QED) is 0.601. The molecule has 4 nitrogen and oxygen atoms in total. The van der Waals surface area contributed by atoms with Crippen LogP contribution in [0.15, 0.2) is 41.2 Å². The lowest BCUT2D eigenvalue weighted by atomic mass is 9.79. The Morgan fingerprint density at radius 1 is 1.20 bits per heavy atom. The number of carbonyl (C=O) groups is 1. The first-order valence-corrected chi connectivity index (χ1v) is 12.1. The second-order valence-corrected chi connectivity index (χ2v) is 9.71. The smallest absolute Gasteiger partial charge is 0.167 e. The first kappa shape index (κ1) is 22.7. The van der Waals surface area contributed by atoms with Gasteiger partial charge in [0.05, 0.1) is 21.4 Å². The van der Waals surface area contributed by atoms with Gasteiger partial charge in [0.2, 0.25) is 0 Å². The fourth-order valence-electron chi connectivity index (χ4n) is 4.19. The molecule has 1 heterocycles. The second-order valence-electron chi connectivity index (χ2n) is 7.81. The molecule has 0 spiro atoms. The first-order chi connectivity index (χ1) is 14.3. The van der Waals surface area contributed by atoms with E-state index in [4.69, 9.17) is 11.6 Å². The number of nitrogens with zero attached hydrogens (tertiary/aromatic N) is 1. The highest BCUT2D eigenvalue weighted by molar-refractivity contribution is 7.85. The summed E-state index contributed by atoms with van der Waals surface area (Å²) in [5, 5.41) is 11.6. The molecule has 1 aliphatic rings. The molecule has 0 amide bonds. The van der Waals surface area contributed by atoms with Crippen LogP contribution in [0.1, 0.15) is 55.4 Å². The molecule has 30 heavy (non-hydrogen) atoms. The average Bonchev–Trinajstić information content (AvgIpc) is 2.72. The molecule has 6 heteroatoms. The lowest BCUT2D eigenvalue weighted by Gasteiger charge is -2.26. The molecule has 2 unspecified atom stereocenters. The normalized spacial score (nSPS) is 18.0. The summed E-state index contributed by atoms with van der Waals surface area (Å²) in [5.74, 6) is 0.459. The number of aryl methyl sites for hydroxylation is 3. The molecule has 0 saturated heterocycles. The predicted molar refractivity (Wildman–Crippen MR) is 122 cm³/mol. The minimum atomic E-state index is -1.33. The van der Waals surface area contributed by atoms with Gasteiger partial charge in [-0.15, -0.1) is 0 Å². The zero-order chi connectivity index (χ0) is 21.8. The first-order valence-electron chi connectivity index (χ1n) is 10.4. The highest BCUT2D eigenvalue weighted by Gasteiger charge is 2.31. The van der Waals surface area contributed by atoms with Gasteiger partial charge in [0.25, 0.3) is 0 Å². The number of hydrogen-bond acceptors (Lipinski definition) is 4. The van der Waals surface area contributed by atoms with Crippen LogP contribution in [0.2, 0.25) is 5.02 Å².